The van der Waals surface area contributed by atoms with Gasteiger partial charge in [0.25, 0.3) is 0 Å². The Balaban J connectivity index is 1.82. The molecule has 0 fully saturated rings. The molecule has 0 atom stereocenters. The number of rotatable bonds is 4. The normalized spacial score (nSPS) is 10.1. The molecular formula is C15H13BrClNO2. The van der Waals surface area contributed by atoms with Crippen molar-refractivity contribution in [2.45, 2.75) is 13.2 Å². The van der Waals surface area contributed by atoms with Crippen LogP contribution in [0.2, 0.25) is 5.02 Å². The molecule has 0 spiro atoms. The van der Waals surface area contributed by atoms with Gasteiger partial charge in [-0.15, -0.1) is 0 Å². The van der Waals surface area contributed by atoms with Gasteiger partial charge in [-0.05, 0) is 29.3 Å². The maximum absolute atomic E-state index is 11.6. The van der Waals surface area contributed by atoms with Crippen molar-refractivity contribution < 1.29 is 9.53 Å². The monoisotopic (exact) mass is 353 g/mol. The average molecular weight is 355 g/mol. The van der Waals surface area contributed by atoms with Gasteiger partial charge in [0.15, 0.2) is 0 Å². The van der Waals surface area contributed by atoms with Gasteiger partial charge in [0, 0.05) is 16.0 Å². The Morgan fingerprint density at radius 3 is 2.70 bits per heavy atom. The van der Waals surface area contributed by atoms with Crippen LogP contribution in [-0.4, -0.2) is 6.09 Å². The lowest BCUT2D eigenvalue weighted by Crippen LogP contribution is -2.23. The van der Waals surface area contributed by atoms with E-state index in [9.17, 15) is 4.79 Å². The highest BCUT2D eigenvalue weighted by atomic mass is 79.9. The molecule has 0 bridgehead atoms. The van der Waals surface area contributed by atoms with E-state index in [1.165, 1.54) is 0 Å². The first-order chi connectivity index (χ1) is 9.65. The summed E-state index contributed by atoms with van der Waals surface area (Å²) in [5.41, 5.74) is 1.78. The highest BCUT2D eigenvalue weighted by molar-refractivity contribution is 9.10. The summed E-state index contributed by atoms with van der Waals surface area (Å²) in [5, 5.41) is 3.28. The van der Waals surface area contributed by atoms with Gasteiger partial charge in [0.2, 0.25) is 0 Å². The van der Waals surface area contributed by atoms with Crippen LogP contribution in [0.25, 0.3) is 0 Å². The van der Waals surface area contributed by atoms with Gasteiger partial charge in [0.05, 0.1) is 0 Å². The van der Waals surface area contributed by atoms with E-state index in [0.717, 1.165) is 15.6 Å². The molecule has 0 saturated carbocycles. The van der Waals surface area contributed by atoms with E-state index >= 15 is 0 Å². The average Bonchev–Trinajstić information content (AvgIpc) is 2.47. The van der Waals surface area contributed by atoms with Gasteiger partial charge < -0.3 is 10.1 Å². The molecule has 2 aromatic carbocycles. The zero-order chi connectivity index (χ0) is 14.4. The topological polar surface area (TPSA) is 38.3 Å². The van der Waals surface area contributed by atoms with Crippen molar-refractivity contribution in [3.8, 4) is 0 Å². The number of alkyl carbamates (subject to hydrolysis) is 1. The third-order valence-corrected chi connectivity index (χ3v) is 3.51. The Morgan fingerprint density at radius 2 is 1.95 bits per heavy atom. The third-order valence-electron chi connectivity index (χ3n) is 2.64. The summed E-state index contributed by atoms with van der Waals surface area (Å²) in [5.74, 6) is 0. The lowest BCUT2D eigenvalue weighted by molar-refractivity contribution is 0.139. The fourth-order valence-corrected chi connectivity index (χ4v) is 2.21. The second kappa shape index (κ2) is 7.31. The largest absolute Gasteiger partial charge is 0.445 e. The van der Waals surface area contributed by atoms with E-state index in [-0.39, 0.29) is 6.61 Å². The van der Waals surface area contributed by atoms with Crippen LogP contribution in [0.3, 0.4) is 0 Å². The van der Waals surface area contributed by atoms with E-state index in [1.807, 2.05) is 42.5 Å². The number of ether oxygens (including phenoxy) is 1. The van der Waals surface area contributed by atoms with Crippen LogP contribution < -0.4 is 5.32 Å². The first kappa shape index (κ1) is 14.9. The number of hydrogen-bond acceptors (Lipinski definition) is 2. The molecule has 0 aliphatic carbocycles. The molecule has 2 rings (SSSR count). The van der Waals surface area contributed by atoms with Gasteiger partial charge in [-0.2, -0.15) is 0 Å². The minimum atomic E-state index is -0.468. The molecule has 0 saturated heterocycles. The second-order valence-corrected chi connectivity index (χ2v) is 5.47. The zero-order valence-electron chi connectivity index (χ0n) is 10.6. The SMILES string of the molecule is O=C(NCc1cc(Br)ccc1Cl)OCc1ccccc1. The molecular weight excluding hydrogens is 342 g/mol. The van der Waals surface area contributed by atoms with Crippen molar-refractivity contribution >= 4 is 33.6 Å². The molecule has 0 heterocycles. The molecule has 2 aromatic rings. The van der Waals surface area contributed by atoms with Gasteiger partial charge in [0.1, 0.15) is 6.61 Å². The predicted octanol–water partition coefficient (Wildman–Crippen LogP) is 4.53. The van der Waals surface area contributed by atoms with E-state index in [4.69, 9.17) is 16.3 Å². The number of halogens is 2. The lowest BCUT2D eigenvalue weighted by atomic mass is 10.2. The summed E-state index contributed by atoms with van der Waals surface area (Å²) in [6.45, 7) is 0.574. The molecule has 3 nitrogen and oxygen atoms in total. The Labute approximate surface area is 131 Å². The number of nitrogens with one attached hydrogen (secondary N) is 1. The second-order valence-electron chi connectivity index (χ2n) is 4.15. The third kappa shape index (κ3) is 4.54. The van der Waals surface area contributed by atoms with E-state index in [2.05, 4.69) is 21.2 Å². The fraction of sp³-hybridized carbons (Fsp3) is 0.133. The summed E-state index contributed by atoms with van der Waals surface area (Å²) in [4.78, 5) is 11.6. The zero-order valence-corrected chi connectivity index (χ0v) is 12.9. The van der Waals surface area contributed by atoms with Crippen LogP contribution in [0.1, 0.15) is 11.1 Å². The number of benzene rings is 2. The molecule has 0 aliphatic heterocycles. The highest BCUT2D eigenvalue weighted by Crippen LogP contribution is 2.20. The molecule has 0 aromatic heterocycles. The standard InChI is InChI=1S/C15H13BrClNO2/c16-13-6-7-14(17)12(8-13)9-18-15(19)20-10-11-4-2-1-3-5-11/h1-8H,9-10H2,(H,18,19). The first-order valence-corrected chi connectivity index (χ1v) is 7.21. The maximum atomic E-state index is 11.6. The van der Waals surface area contributed by atoms with E-state index < -0.39 is 6.09 Å². The smallest absolute Gasteiger partial charge is 0.407 e. The van der Waals surface area contributed by atoms with E-state index in [1.54, 1.807) is 6.07 Å². The summed E-state index contributed by atoms with van der Waals surface area (Å²) in [6, 6.07) is 15.0. The number of carbonyl (C=O) groups is 1. The van der Waals surface area contributed by atoms with Crippen molar-refractivity contribution in [2.24, 2.45) is 0 Å². The van der Waals surface area contributed by atoms with Crippen LogP contribution in [0.5, 0.6) is 0 Å². The van der Waals surface area contributed by atoms with Crippen LogP contribution in [0.15, 0.2) is 53.0 Å². The molecule has 20 heavy (non-hydrogen) atoms. The van der Waals surface area contributed by atoms with E-state index in [0.29, 0.717) is 11.6 Å². The van der Waals surface area contributed by atoms with Crippen LogP contribution in [0.4, 0.5) is 4.79 Å². The first-order valence-electron chi connectivity index (χ1n) is 6.03. The molecule has 1 N–H and O–H groups in total. The molecule has 1 amide bonds. The quantitative estimate of drug-likeness (QED) is 0.876. The fourth-order valence-electron chi connectivity index (χ4n) is 1.62. The summed E-state index contributed by atoms with van der Waals surface area (Å²) in [7, 11) is 0. The summed E-state index contributed by atoms with van der Waals surface area (Å²) in [6.07, 6.45) is -0.468. The maximum Gasteiger partial charge on any atom is 0.407 e. The van der Waals surface area contributed by atoms with Crippen molar-refractivity contribution in [1.82, 2.24) is 5.32 Å². The number of carbonyl (C=O) groups excluding carboxylic acids is 1. The number of hydrogen-bond donors (Lipinski definition) is 1. The van der Waals surface area contributed by atoms with Crippen molar-refractivity contribution in [3.63, 3.8) is 0 Å². The minimum absolute atomic E-state index is 0.249. The Bertz CT molecular complexity index is 590. The van der Waals surface area contributed by atoms with Gasteiger partial charge >= 0.3 is 6.09 Å². The Kier molecular flexibility index (Phi) is 5.44. The van der Waals surface area contributed by atoms with Crippen LogP contribution in [-0.2, 0) is 17.9 Å². The molecule has 0 aliphatic rings. The van der Waals surface area contributed by atoms with Crippen LogP contribution in [0, 0.1) is 0 Å². The molecule has 0 unspecified atom stereocenters. The summed E-state index contributed by atoms with van der Waals surface area (Å²) >= 11 is 9.40. The van der Waals surface area contributed by atoms with Crippen molar-refractivity contribution in [2.75, 3.05) is 0 Å². The minimum Gasteiger partial charge on any atom is -0.445 e. The van der Waals surface area contributed by atoms with Crippen molar-refractivity contribution in [3.05, 3.63) is 69.2 Å². The molecule has 5 heteroatoms. The van der Waals surface area contributed by atoms with Crippen molar-refractivity contribution in [1.29, 1.82) is 0 Å². The molecule has 104 valence electrons. The van der Waals surface area contributed by atoms with Gasteiger partial charge in [-0.3, -0.25) is 0 Å². The Hall–Kier alpha value is -1.52. The summed E-state index contributed by atoms with van der Waals surface area (Å²) < 4.78 is 6.03. The molecule has 0 radical (unpaired) electrons. The number of amides is 1. The lowest BCUT2D eigenvalue weighted by Gasteiger charge is -2.08. The predicted molar refractivity (Wildman–Crippen MR) is 82.6 cm³/mol. The van der Waals surface area contributed by atoms with Gasteiger partial charge in [-0.1, -0.05) is 57.9 Å². The van der Waals surface area contributed by atoms with Gasteiger partial charge in [-0.25, -0.2) is 4.79 Å². The Morgan fingerprint density at radius 1 is 1.20 bits per heavy atom. The highest BCUT2D eigenvalue weighted by Gasteiger charge is 2.05. The van der Waals surface area contributed by atoms with Crippen LogP contribution >= 0.6 is 27.5 Å².